The first-order valence-corrected chi connectivity index (χ1v) is 18.5. The van der Waals surface area contributed by atoms with Gasteiger partial charge in [0.15, 0.2) is 0 Å². The van der Waals surface area contributed by atoms with Gasteiger partial charge in [-0.25, -0.2) is 14.6 Å². The third-order valence-electron chi connectivity index (χ3n) is 7.90. The Labute approximate surface area is 304 Å². The Morgan fingerprint density at radius 1 is 0.824 bits per heavy atom. The van der Waals surface area contributed by atoms with E-state index in [1.54, 1.807) is 43.9 Å². The Morgan fingerprint density at radius 2 is 1.41 bits per heavy atom. The Hall–Kier alpha value is -4.27. The molecule has 2 amide bonds. The van der Waals surface area contributed by atoms with E-state index in [-0.39, 0.29) is 29.6 Å². The van der Waals surface area contributed by atoms with Gasteiger partial charge < -0.3 is 19.3 Å². The summed E-state index contributed by atoms with van der Waals surface area (Å²) in [6, 6.07) is 12.0. The summed E-state index contributed by atoms with van der Waals surface area (Å²) in [5.74, 6) is 0.373. The summed E-state index contributed by atoms with van der Waals surface area (Å²) < 4.78 is 41.7. The number of likely N-dealkylation sites (tertiary alicyclic amines) is 2. The number of nitrogens with zero attached hydrogens (tertiary/aromatic N) is 6. The van der Waals surface area contributed by atoms with Crippen molar-refractivity contribution in [3.05, 3.63) is 71.8 Å². The third kappa shape index (κ3) is 10.6. The van der Waals surface area contributed by atoms with Crippen LogP contribution < -0.4 is 0 Å². The van der Waals surface area contributed by atoms with Crippen molar-refractivity contribution in [3.8, 4) is 11.1 Å². The zero-order valence-corrected chi connectivity index (χ0v) is 31.6. The average molecular weight is 741 g/mol. The van der Waals surface area contributed by atoms with Crippen LogP contribution in [0.4, 0.5) is 9.59 Å². The second-order valence-corrected chi connectivity index (χ2v) is 16.9. The first-order chi connectivity index (χ1) is 23.8. The molecule has 274 valence electrons. The minimum atomic E-state index is -3.75. The zero-order chi connectivity index (χ0) is 37.1. The fraction of sp³-hybridized carbons (Fsp3) is 0.472. The topological polar surface area (TPSA) is 146 Å². The summed E-state index contributed by atoms with van der Waals surface area (Å²) in [4.78, 5) is 36.0. The molecule has 0 aliphatic carbocycles. The SMILES string of the molecule is CC(C)(C)OC(=O)N1CC(Cn2cc(-c3cnc4ccc(Cl)nc4c3)cn2)C1.Cc1ccc(S(=O)(=O)OCC2CN(C(=O)OC(C)(C)C)C2)cc1. The van der Waals surface area contributed by atoms with Crippen LogP contribution in [0, 0.1) is 18.8 Å². The number of carbonyl (C=O) groups is 2. The van der Waals surface area contributed by atoms with E-state index in [9.17, 15) is 18.0 Å². The molecule has 1 aromatic carbocycles. The van der Waals surface area contributed by atoms with Gasteiger partial charge in [0.1, 0.15) is 16.4 Å². The van der Waals surface area contributed by atoms with Crippen molar-refractivity contribution in [2.75, 3.05) is 32.8 Å². The largest absolute Gasteiger partial charge is 0.444 e. The van der Waals surface area contributed by atoms with E-state index in [1.807, 2.05) is 63.1 Å². The predicted octanol–water partition coefficient (Wildman–Crippen LogP) is 6.58. The maximum absolute atomic E-state index is 12.1. The lowest BCUT2D eigenvalue weighted by atomic mass is 10.0. The average Bonchev–Trinajstić information content (AvgIpc) is 3.45. The molecule has 0 atom stereocenters. The van der Waals surface area contributed by atoms with Crippen LogP contribution in [0.5, 0.6) is 0 Å². The molecule has 0 saturated carbocycles. The molecule has 0 unspecified atom stereocenters. The standard InChI is InChI=1S/C20H22ClN5O2.C16H23NO5S/c1-20(2,3)28-19(27)25-9-13(10-25)11-26-12-15(8-23-26)14-6-17-16(22-7-14)4-5-18(21)24-17;1-12-5-7-14(8-6-12)23(19,20)21-11-13-9-17(10-13)15(18)22-16(2,3)4/h4-8,12-13H,9-11H2,1-3H3;5-8,13H,9-11H2,1-4H3. The number of benzene rings is 1. The van der Waals surface area contributed by atoms with Crippen LogP contribution in [0.15, 0.2) is 66.0 Å². The smallest absolute Gasteiger partial charge is 0.410 e. The van der Waals surface area contributed by atoms with Crippen molar-refractivity contribution < 1.29 is 31.7 Å². The van der Waals surface area contributed by atoms with Crippen LogP contribution in [0.2, 0.25) is 5.15 Å². The monoisotopic (exact) mass is 740 g/mol. The summed E-state index contributed by atoms with van der Waals surface area (Å²) in [5.41, 5.74) is 3.45. The van der Waals surface area contributed by atoms with E-state index in [0.29, 0.717) is 37.3 Å². The van der Waals surface area contributed by atoms with Crippen molar-refractivity contribution in [2.45, 2.75) is 71.1 Å². The summed E-state index contributed by atoms with van der Waals surface area (Å²) in [6.07, 6.45) is 4.99. The highest BCUT2D eigenvalue weighted by molar-refractivity contribution is 7.86. The third-order valence-corrected chi connectivity index (χ3v) is 9.41. The minimum Gasteiger partial charge on any atom is -0.444 e. The number of aryl methyl sites for hydroxylation is 1. The number of carbonyl (C=O) groups excluding carboxylic acids is 2. The number of rotatable bonds is 7. The molecule has 15 heteroatoms. The van der Waals surface area contributed by atoms with Crippen LogP contribution >= 0.6 is 11.6 Å². The first-order valence-electron chi connectivity index (χ1n) is 16.7. The minimum absolute atomic E-state index is 0.00254. The van der Waals surface area contributed by atoms with Gasteiger partial charge in [-0.05, 0) is 78.8 Å². The van der Waals surface area contributed by atoms with E-state index in [1.165, 1.54) is 17.0 Å². The summed E-state index contributed by atoms with van der Waals surface area (Å²) in [5, 5.41) is 4.90. The normalized spacial score (nSPS) is 15.5. The van der Waals surface area contributed by atoms with Crippen LogP contribution in [0.25, 0.3) is 22.2 Å². The summed E-state index contributed by atoms with van der Waals surface area (Å²) in [7, 11) is -3.75. The number of halogens is 1. The lowest BCUT2D eigenvalue weighted by Crippen LogP contribution is -2.53. The van der Waals surface area contributed by atoms with Crippen molar-refractivity contribution in [1.29, 1.82) is 0 Å². The lowest BCUT2D eigenvalue weighted by molar-refractivity contribution is -0.00750. The number of hydrogen-bond acceptors (Lipinski definition) is 10. The van der Waals surface area contributed by atoms with Gasteiger partial charge in [0, 0.05) is 68.1 Å². The molecule has 2 aliphatic rings. The number of amides is 2. The fourth-order valence-corrected chi connectivity index (χ4v) is 6.42. The molecule has 2 fully saturated rings. The molecule has 0 spiro atoms. The summed E-state index contributed by atoms with van der Waals surface area (Å²) >= 11 is 5.98. The Bertz CT molecular complexity index is 1960. The van der Waals surface area contributed by atoms with E-state index in [2.05, 4.69) is 15.1 Å². The highest BCUT2D eigenvalue weighted by Gasteiger charge is 2.35. The molecule has 4 aromatic rings. The van der Waals surface area contributed by atoms with Gasteiger partial charge >= 0.3 is 12.2 Å². The zero-order valence-electron chi connectivity index (χ0n) is 30.0. The van der Waals surface area contributed by atoms with Gasteiger partial charge in [0.2, 0.25) is 0 Å². The molecule has 13 nitrogen and oxygen atoms in total. The van der Waals surface area contributed by atoms with E-state index >= 15 is 0 Å². The fourth-order valence-electron chi connectivity index (χ4n) is 5.29. The molecule has 0 radical (unpaired) electrons. The van der Waals surface area contributed by atoms with Crippen LogP contribution in [-0.4, -0.2) is 94.1 Å². The van der Waals surface area contributed by atoms with E-state index in [4.69, 9.17) is 25.3 Å². The van der Waals surface area contributed by atoms with E-state index in [0.717, 1.165) is 34.3 Å². The molecule has 3 aromatic heterocycles. The number of hydrogen-bond donors (Lipinski definition) is 0. The second kappa shape index (κ2) is 15.1. The second-order valence-electron chi connectivity index (χ2n) is 14.9. The number of fused-ring (bicyclic) bond motifs is 1. The van der Waals surface area contributed by atoms with Crippen LogP contribution in [0.3, 0.4) is 0 Å². The molecule has 5 heterocycles. The van der Waals surface area contributed by atoms with E-state index < -0.39 is 21.3 Å². The van der Waals surface area contributed by atoms with Crippen molar-refractivity contribution in [3.63, 3.8) is 0 Å². The molecular weight excluding hydrogens is 696 g/mol. The Morgan fingerprint density at radius 3 is 2.00 bits per heavy atom. The highest BCUT2D eigenvalue weighted by atomic mass is 35.5. The van der Waals surface area contributed by atoms with Crippen LogP contribution in [0.1, 0.15) is 47.1 Å². The molecule has 0 N–H and O–H groups in total. The Balaban J connectivity index is 0.000000202. The molecule has 2 aliphatic heterocycles. The van der Waals surface area contributed by atoms with Gasteiger partial charge in [-0.2, -0.15) is 13.5 Å². The van der Waals surface area contributed by atoms with Crippen LogP contribution in [-0.2, 0) is 30.3 Å². The van der Waals surface area contributed by atoms with Gasteiger partial charge in [0.25, 0.3) is 10.1 Å². The van der Waals surface area contributed by atoms with Gasteiger partial charge in [-0.3, -0.25) is 13.8 Å². The predicted molar refractivity (Wildman–Crippen MR) is 193 cm³/mol. The van der Waals surface area contributed by atoms with Crippen molar-refractivity contribution >= 4 is 44.9 Å². The highest BCUT2D eigenvalue weighted by Crippen LogP contribution is 2.25. The van der Waals surface area contributed by atoms with Crippen molar-refractivity contribution in [2.24, 2.45) is 11.8 Å². The van der Waals surface area contributed by atoms with Gasteiger partial charge in [-0.15, -0.1) is 0 Å². The number of ether oxygens (including phenoxy) is 2. The molecule has 51 heavy (non-hydrogen) atoms. The first kappa shape index (κ1) is 38.0. The maximum Gasteiger partial charge on any atom is 0.410 e. The molecule has 0 bridgehead atoms. The number of aromatic nitrogens is 4. The van der Waals surface area contributed by atoms with Gasteiger partial charge in [0.05, 0.1) is 28.7 Å². The van der Waals surface area contributed by atoms with Crippen molar-refractivity contribution in [1.82, 2.24) is 29.5 Å². The number of pyridine rings is 2. The summed E-state index contributed by atoms with van der Waals surface area (Å²) in [6.45, 7) is 16.0. The molecule has 6 rings (SSSR count). The Kier molecular flexibility index (Phi) is 11.3. The quantitative estimate of drug-likeness (QED) is 0.150. The van der Waals surface area contributed by atoms with Gasteiger partial charge in [-0.1, -0.05) is 29.3 Å². The molecule has 2 saturated heterocycles. The maximum atomic E-state index is 12.1. The lowest BCUT2D eigenvalue weighted by Gasteiger charge is -2.39. The molecular formula is C36H45ClN6O7S.